The van der Waals surface area contributed by atoms with Crippen LogP contribution in [0.2, 0.25) is 0 Å². The van der Waals surface area contributed by atoms with E-state index in [2.05, 4.69) is 0 Å². The maximum absolute atomic E-state index is 14.9. The molecule has 0 bridgehead atoms. The predicted octanol–water partition coefficient (Wildman–Crippen LogP) is 6.77. The summed E-state index contributed by atoms with van der Waals surface area (Å²) in [6.07, 6.45) is -4.81. The van der Waals surface area contributed by atoms with Gasteiger partial charge in [0, 0.05) is 21.9 Å². The highest BCUT2D eigenvalue weighted by molar-refractivity contribution is 6.18. The van der Waals surface area contributed by atoms with Crippen molar-refractivity contribution in [2.24, 2.45) is 5.73 Å². The number of halogens is 4. The summed E-state index contributed by atoms with van der Waals surface area (Å²) in [5.41, 5.74) is 7.54. The topological polar surface area (TPSA) is 48.0 Å². The number of amides is 1. The number of primary amides is 1. The van der Waals surface area contributed by atoms with Crippen molar-refractivity contribution in [1.29, 1.82) is 0 Å². The van der Waals surface area contributed by atoms with E-state index in [1.807, 2.05) is 48.5 Å². The molecule has 0 fully saturated rings. The predicted molar refractivity (Wildman–Crippen MR) is 124 cm³/mol. The van der Waals surface area contributed by atoms with Crippen LogP contribution in [0.1, 0.15) is 21.5 Å². The van der Waals surface area contributed by atoms with E-state index >= 15 is 0 Å². The van der Waals surface area contributed by atoms with Gasteiger partial charge >= 0.3 is 6.18 Å². The monoisotopic (exact) mass is 462 g/mol. The van der Waals surface area contributed by atoms with Crippen molar-refractivity contribution in [3.8, 4) is 11.1 Å². The Kier molecular flexibility index (Phi) is 5.12. The highest BCUT2D eigenvalue weighted by Crippen LogP contribution is 2.37. The molecule has 0 aliphatic heterocycles. The molecule has 0 aliphatic rings. The molecule has 1 aromatic heterocycles. The summed E-state index contributed by atoms with van der Waals surface area (Å²) in [4.78, 5) is 12.2. The number of carbonyl (C=O) groups is 1. The molecule has 3 nitrogen and oxygen atoms in total. The number of benzene rings is 4. The number of hydrogen-bond donors (Lipinski definition) is 1. The summed E-state index contributed by atoms with van der Waals surface area (Å²) >= 11 is 0. The Morgan fingerprint density at radius 3 is 2.26 bits per heavy atom. The van der Waals surface area contributed by atoms with E-state index in [1.165, 1.54) is 12.1 Å². The lowest BCUT2D eigenvalue weighted by Crippen LogP contribution is -2.12. The molecule has 1 amide bonds. The Balaban J connectivity index is 1.79. The van der Waals surface area contributed by atoms with Crippen molar-refractivity contribution < 1.29 is 22.4 Å². The zero-order chi connectivity index (χ0) is 24.0. The van der Waals surface area contributed by atoms with Crippen molar-refractivity contribution >= 4 is 27.7 Å². The first-order chi connectivity index (χ1) is 16.3. The number of rotatable bonds is 4. The van der Waals surface area contributed by atoms with Crippen LogP contribution in [0.4, 0.5) is 17.6 Å². The van der Waals surface area contributed by atoms with Gasteiger partial charge in [0.1, 0.15) is 5.82 Å². The zero-order valence-electron chi connectivity index (χ0n) is 17.7. The van der Waals surface area contributed by atoms with Gasteiger partial charge in [0.2, 0.25) is 5.91 Å². The van der Waals surface area contributed by atoms with Crippen LogP contribution in [0.25, 0.3) is 32.9 Å². The number of aromatic nitrogens is 1. The molecule has 0 saturated heterocycles. The molecule has 0 unspecified atom stereocenters. The van der Waals surface area contributed by atoms with Gasteiger partial charge in [-0.2, -0.15) is 13.2 Å². The van der Waals surface area contributed by atoms with Crippen molar-refractivity contribution in [2.45, 2.75) is 12.7 Å². The first-order valence-electron chi connectivity index (χ1n) is 10.5. The third-order valence-electron chi connectivity index (χ3n) is 5.98. The molecule has 170 valence electrons. The second kappa shape index (κ2) is 8.02. The Morgan fingerprint density at radius 2 is 1.56 bits per heavy atom. The van der Waals surface area contributed by atoms with E-state index in [0.29, 0.717) is 27.4 Å². The number of carbonyl (C=O) groups excluding carboxylic acids is 1. The number of alkyl halides is 3. The minimum absolute atomic E-state index is 0.108. The van der Waals surface area contributed by atoms with Gasteiger partial charge in [0.05, 0.1) is 23.1 Å². The summed E-state index contributed by atoms with van der Waals surface area (Å²) in [6.45, 7) is -0.157. The summed E-state index contributed by atoms with van der Waals surface area (Å²) < 4.78 is 56.5. The average Bonchev–Trinajstić information content (AvgIpc) is 3.13. The van der Waals surface area contributed by atoms with Crippen LogP contribution >= 0.6 is 0 Å². The molecule has 0 spiro atoms. The number of fused-ring (bicyclic) bond motifs is 3. The van der Waals surface area contributed by atoms with E-state index in [4.69, 9.17) is 5.73 Å². The van der Waals surface area contributed by atoms with Gasteiger partial charge in [-0.05, 0) is 35.4 Å². The second-order valence-corrected chi connectivity index (χ2v) is 8.02. The van der Waals surface area contributed by atoms with E-state index in [-0.39, 0.29) is 12.1 Å². The van der Waals surface area contributed by atoms with E-state index < -0.39 is 23.5 Å². The largest absolute Gasteiger partial charge is 0.419 e. The second-order valence-electron chi connectivity index (χ2n) is 8.02. The lowest BCUT2D eigenvalue weighted by atomic mass is 10.0. The molecule has 1 heterocycles. The number of nitrogens with zero attached hydrogens (tertiary/aromatic N) is 1. The molecule has 7 heteroatoms. The van der Waals surface area contributed by atoms with Gasteiger partial charge in [-0.3, -0.25) is 4.79 Å². The normalized spacial score (nSPS) is 11.9. The molecule has 0 aliphatic carbocycles. The van der Waals surface area contributed by atoms with Gasteiger partial charge < -0.3 is 10.3 Å². The summed E-state index contributed by atoms with van der Waals surface area (Å²) in [5, 5.41) is 1.29. The van der Waals surface area contributed by atoms with Gasteiger partial charge in [0.25, 0.3) is 0 Å². The Morgan fingerprint density at radius 1 is 0.824 bits per heavy atom. The first-order valence-corrected chi connectivity index (χ1v) is 10.5. The maximum atomic E-state index is 14.9. The molecule has 2 N–H and O–H groups in total. The highest BCUT2D eigenvalue weighted by atomic mass is 19.4. The third-order valence-corrected chi connectivity index (χ3v) is 5.98. The number of hydrogen-bond acceptors (Lipinski definition) is 1. The van der Waals surface area contributed by atoms with Crippen LogP contribution in [0, 0.1) is 5.82 Å². The standard InChI is InChI=1S/C27H18F4N2O/c28-25-18(8-4-10-21(25)27(29,30)31)15-33-22-11-5-9-20(26(32)34)24(22)19-13-12-17(14-23(19)33)16-6-2-1-3-7-16/h1-14H,15H2,(H2,32,34). The lowest BCUT2D eigenvalue weighted by Gasteiger charge is -2.13. The third kappa shape index (κ3) is 3.59. The maximum Gasteiger partial charge on any atom is 0.419 e. The minimum atomic E-state index is -4.81. The fraction of sp³-hybridized carbons (Fsp3) is 0.0741. The van der Waals surface area contributed by atoms with E-state index in [0.717, 1.165) is 17.2 Å². The Hall–Kier alpha value is -4.13. The van der Waals surface area contributed by atoms with Crippen LogP contribution in [-0.2, 0) is 12.7 Å². The van der Waals surface area contributed by atoms with Crippen molar-refractivity contribution in [3.05, 3.63) is 107 Å². The van der Waals surface area contributed by atoms with E-state index in [1.54, 1.807) is 22.8 Å². The summed E-state index contributed by atoms with van der Waals surface area (Å²) in [5.74, 6) is -1.93. The summed E-state index contributed by atoms with van der Waals surface area (Å²) in [7, 11) is 0. The molecule has 0 atom stereocenters. The minimum Gasteiger partial charge on any atom is -0.366 e. The van der Waals surface area contributed by atoms with Crippen LogP contribution in [0.15, 0.2) is 84.9 Å². The molecular weight excluding hydrogens is 444 g/mol. The van der Waals surface area contributed by atoms with Crippen molar-refractivity contribution in [1.82, 2.24) is 4.57 Å². The molecule has 0 radical (unpaired) electrons. The Labute approximate surface area is 192 Å². The molecule has 34 heavy (non-hydrogen) atoms. The van der Waals surface area contributed by atoms with Gasteiger partial charge in [-0.15, -0.1) is 0 Å². The highest BCUT2D eigenvalue weighted by Gasteiger charge is 2.35. The van der Waals surface area contributed by atoms with Crippen molar-refractivity contribution in [3.63, 3.8) is 0 Å². The van der Waals surface area contributed by atoms with Gasteiger partial charge in [-0.25, -0.2) is 4.39 Å². The SMILES string of the molecule is NC(=O)c1cccc2c1c1ccc(-c3ccccc3)cc1n2Cc1cccc(C(F)(F)F)c1F. The lowest BCUT2D eigenvalue weighted by molar-refractivity contribution is -0.140. The molecule has 0 saturated carbocycles. The Bertz CT molecular complexity index is 1550. The quantitative estimate of drug-likeness (QED) is 0.295. The van der Waals surface area contributed by atoms with Gasteiger partial charge in [-0.1, -0.05) is 60.7 Å². The summed E-state index contributed by atoms with van der Waals surface area (Å²) in [6, 6.07) is 23.5. The smallest absolute Gasteiger partial charge is 0.366 e. The fourth-order valence-corrected chi connectivity index (χ4v) is 4.42. The van der Waals surface area contributed by atoms with Crippen LogP contribution < -0.4 is 5.73 Å². The van der Waals surface area contributed by atoms with Crippen LogP contribution in [0.5, 0.6) is 0 Å². The zero-order valence-corrected chi connectivity index (χ0v) is 17.7. The van der Waals surface area contributed by atoms with Crippen LogP contribution in [-0.4, -0.2) is 10.5 Å². The van der Waals surface area contributed by atoms with Crippen molar-refractivity contribution in [2.75, 3.05) is 0 Å². The fourth-order valence-electron chi connectivity index (χ4n) is 4.42. The molecule has 4 aromatic carbocycles. The van der Waals surface area contributed by atoms with E-state index in [9.17, 15) is 22.4 Å². The van der Waals surface area contributed by atoms with Crippen LogP contribution in [0.3, 0.4) is 0 Å². The molecule has 5 rings (SSSR count). The van der Waals surface area contributed by atoms with Gasteiger partial charge in [0.15, 0.2) is 0 Å². The average molecular weight is 462 g/mol. The molecular formula is C27H18F4N2O. The first kappa shape index (κ1) is 21.7. The number of nitrogens with two attached hydrogens (primary N) is 1. The molecule has 5 aromatic rings.